The molecule has 3 aromatic rings. The van der Waals surface area contributed by atoms with Crippen LogP contribution < -0.4 is 10.1 Å². The molecule has 2 amide bonds. The molecule has 1 atom stereocenters. The molecule has 1 aliphatic rings. The minimum Gasteiger partial charge on any atom is -0.484 e. The summed E-state index contributed by atoms with van der Waals surface area (Å²) in [5.41, 5.74) is 3.31. The predicted octanol–water partition coefficient (Wildman–Crippen LogP) is 5.08. The van der Waals surface area contributed by atoms with Crippen LogP contribution >= 0.6 is 11.3 Å². The van der Waals surface area contributed by atoms with Gasteiger partial charge in [0.1, 0.15) is 5.75 Å². The molecule has 4 rings (SSSR count). The Labute approximate surface area is 199 Å². The van der Waals surface area contributed by atoms with Crippen LogP contribution in [0.1, 0.15) is 52.7 Å². The Hall–Kier alpha value is -3.12. The van der Waals surface area contributed by atoms with E-state index in [0.29, 0.717) is 24.8 Å². The first-order valence-corrected chi connectivity index (χ1v) is 12.3. The van der Waals surface area contributed by atoms with E-state index in [2.05, 4.69) is 37.4 Å². The SMILES string of the molecule is CC(C)CCNC(=O)COc1ccc2c(c1)C(c1ccccc1)N(C(=O)c1cccs1)CC2. The van der Waals surface area contributed by atoms with Gasteiger partial charge < -0.3 is 15.0 Å². The highest BCUT2D eigenvalue weighted by atomic mass is 32.1. The molecular weight excluding hydrogens is 432 g/mol. The van der Waals surface area contributed by atoms with Crippen LogP contribution in [0.25, 0.3) is 0 Å². The van der Waals surface area contributed by atoms with E-state index in [-0.39, 0.29) is 24.5 Å². The summed E-state index contributed by atoms with van der Waals surface area (Å²) in [6.07, 6.45) is 1.73. The fraction of sp³-hybridized carbons (Fsp3) is 0.333. The van der Waals surface area contributed by atoms with Crippen molar-refractivity contribution in [3.05, 3.63) is 87.6 Å². The molecule has 1 unspecified atom stereocenters. The number of carbonyl (C=O) groups is 2. The van der Waals surface area contributed by atoms with Gasteiger partial charge >= 0.3 is 0 Å². The van der Waals surface area contributed by atoms with Crippen LogP contribution in [-0.2, 0) is 11.2 Å². The third kappa shape index (κ3) is 5.63. The Morgan fingerprint density at radius 2 is 1.94 bits per heavy atom. The second-order valence-electron chi connectivity index (χ2n) is 8.72. The van der Waals surface area contributed by atoms with E-state index in [1.165, 1.54) is 16.9 Å². The third-order valence-corrected chi connectivity index (χ3v) is 6.73. The number of fused-ring (bicyclic) bond motifs is 1. The maximum absolute atomic E-state index is 13.4. The summed E-state index contributed by atoms with van der Waals surface area (Å²) in [4.78, 5) is 28.2. The maximum atomic E-state index is 13.4. The smallest absolute Gasteiger partial charge is 0.264 e. The van der Waals surface area contributed by atoms with Crippen molar-refractivity contribution in [3.8, 4) is 5.75 Å². The van der Waals surface area contributed by atoms with Gasteiger partial charge in [0.15, 0.2) is 6.61 Å². The second-order valence-corrected chi connectivity index (χ2v) is 9.67. The van der Waals surface area contributed by atoms with Gasteiger partial charge in [-0.15, -0.1) is 11.3 Å². The fourth-order valence-corrected chi connectivity index (χ4v) is 4.82. The van der Waals surface area contributed by atoms with Crippen LogP contribution in [0.4, 0.5) is 0 Å². The zero-order valence-electron chi connectivity index (χ0n) is 19.1. The fourth-order valence-electron chi connectivity index (χ4n) is 4.14. The highest BCUT2D eigenvalue weighted by Crippen LogP contribution is 2.38. The van der Waals surface area contributed by atoms with Gasteiger partial charge in [0.2, 0.25) is 0 Å². The zero-order chi connectivity index (χ0) is 23.2. The van der Waals surface area contributed by atoms with E-state index >= 15 is 0 Å². The predicted molar refractivity (Wildman–Crippen MR) is 132 cm³/mol. The first-order chi connectivity index (χ1) is 16.0. The zero-order valence-corrected chi connectivity index (χ0v) is 19.9. The molecule has 0 bridgehead atoms. The number of hydrogen-bond acceptors (Lipinski definition) is 4. The molecule has 1 aromatic heterocycles. The average molecular weight is 463 g/mol. The summed E-state index contributed by atoms with van der Waals surface area (Å²) in [5, 5.41) is 4.83. The number of ether oxygens (including phenoxy) is 1. The largest absolute Gasteiger partial charge is 0.484 e. The van der Waals surface area contributed by atoms with Gasteiger partial charge in [0.05, 0.1) is 10.9 Å². The van der Waals surface area contributed by atoms with Crippen LogP contribution in [-0.4, -0.2) is 36.4 Å². The standard InChI is InChI=1S/C27H30N2O3S/c1-19(2)12-14-28-25(30)18-32-22-11-10-20-13-15-29(27(31)24-9-6-16-33-24)26(23(20)17-22)21-7-4-3-5-8-21/h3-11,16-17,19,26H,12-15,18H2,1-2H3,(H,28,30). The second kappa shape index (κ2) is 10.7. The number of nitrogens with one attached hydrogen (secondary N) is 1. The molecule has 0 aliphatic carbocycles. The lowest BCUT2D eigenvalue weighted by molar-refractivity contribution is -0.123. The average Bonchev–Trinajstić information content (AvgIpc) is 3.37. The van der Waals surface area contributed by atoms with Gasteiger partial charge in [-0.1, -0.05) is 56.3 Å². The van der Waals surface area contributed by atoms with Gasteiger partial charge in [0, 0.05) is 13.1 Å². The Morgan fingerprint density at radius 3 is 2.67 bits per heavy atom. The molecule has 0 saturated heterocycles. The van der Waals surface area contributed by atoms with Crippen LogP contribution in [0.15, 0.2) is 66.0 Å². The van der Waals surface area contributed by atoms with Crippen LogP contribution in [0, 0.1) is 5.92 Å². The van der Waals surface area contributed by atoms with Gasteiger partial charge in [0.25, 0.3) is 11.8 Å². The lowest BCUT2D eigenvalue weighted by Gasteiger charge is -2.37. The quantitative estimate of drug-likeness (QED) is 0.508. The summed E-state index contributed by atoms with van der Waals surface area (Å²) in [7, 11) is 0. The molecule has 2 aromatic carbocycles. The number of benzene rings is 2. The molecule has 33 heavy (non-hydrogen) atoms. The number of carbonyl (C=O) groups excluding carboxylic acids is 2. The summed E-state index contributed by atoms with van der Waals surface area (Å²) in [6, 6.07) is 19.6. The Morgan fingerprint density at radius 1 is 1.12 bits per heavy atom. The summed E-state index contributed by atoms with van der Waals surface area (Å²) >= 11 is 1.47. The van der Waals surface area contributed by atoms with Crippen molar-refractivity contribution in [2.75, 3.05) is 19.7 Å². The molecule has 0 fully saturated rings. The van der Waals surface area contributed by atoms with E-state index in [0.717, 1.165) is 28.8 Å². The van der Waals surface area contributed by atoms with Crippen molar-refractivity contribution in [2.45, 2.75) is 32.7 Å². The first kappa shape index (κ1) is 23.1. The third-order valence-electron chi connectivity index (χ3n) is 5.87. The Balaban J connectivity index is 1.56. The Bertz CT molecular complexity index is 1080. The van der Waals surface area contributed by atoms with Crippen LogP contribution in [0.3, 0.4) is 0 Å². The Kier molecular flexibility index (Phi) is 7.45. The van der Waals surface area contributed by atoms with E-state index in [4.69, 9.17) is 4.74 Å². The van der Waals surface area contributed by atoms with Crippen molar-refractivity contribution in [1.29, 1.82) is 0 Å². The number of thiophene rings is 1. The molecule has 0 spiro atoms. The van der Waals surface area contributed by atoms with Crippen LogP contribution in [0.2, 0.25) is 0 Å². The molecule has 1 N–H and O–H groups in total. The summed E-state index contributed by atoms with van der Waals surface area (Å²) in [6.45, 7) is 5.54. The minimum absolute atomic E-state index is 0.0231. The molecule has 2 heterocycles. The van der Waals surface area contributed by atoms with Gasteiger partial charge in [-0.2, -0.15) is 0 Å². The van der Waals surface area contributed by atoms with E-state index < -0.39 is 0 Å². The number of rotatable bonds is 8. The summed E-state index contributed by atoms with van der Waals surface area (Å²) in [5.74, 6) is 1.10. The first-order valence-electron chi connectivity index (χ1n) is 11.4. The maximum Gasteiger partial charge on any atom is 0.264 e. The number of nitrogens with zero attached hydrogens (tertiary/aromatic N) is 1. The van der Waals surface area contributed by atoms with E-state index in [1.807, 2.05) is 52.7 Å². The summed E-state index contributed by atoms with van der Waals surface area (Å²) < 4.78 is 5.83. The molecular formula is C27H30N2O3S. The molecule has 6 heteroatoms. The van der Waals surface area contributed by atoms with Gasteiger partial charge in [-0.3, -0.25) is 9.59 Å². The number of hydrogen-bond donors (Lipinski definition) is 1. The molecule has 5 nitrogen and oxygen atoms in total. The highest BCUT2D eigenvalue weighted by Gasteiger charge is 2.33. The molecule has 172 valence electrons. The van der Waals surface area contributed by atoms with E-state index in [1.54, 1.807) is 0 Å². The van der Waals surface area contributed by atoms with Crippen molar-refractivity contribution in [1.82, 2.24) is 10.2 Å². The molecule has 0 radical (unpaired) electrons. The minimum atomic E-state index is -0.201. The lowest BCUT2D eigenvalue weighted by Crippen LogP contribution is -2.40. The van der Waals surface area contributed by atoms with Crippen LogP contribution in [0.5, 0.6) is 5.75 Å². The highest BCUT2D eigenvalue weighted by molar-refractivity contribution is 7.12. The number of amides is 2. The van der Waals surface area contributed by atoms with Crippen molar-refractivity contribution < 1.29 is 14.3 Å². The molecule has 0 saturated carbocycles. The van der Waals surface area contributed by atoms with Crippen molar-refractivity contribution >= 4 is 23.2 Å². The van der Waals surface area contributed by atoms with Gasteiger partial charge in [-0.25, -0.2) is 0 Å². The normalized spacial score (nSPS) is 15.2. The van der Waals surface area contributed by atoms with E-state index in [9.17, 15) is 9.59 Å². The van der Waals surface area contributed by atoms with Crippen molar-refractivity contribution in [3.63, 3.8) is 0 Å². The van der Waals surface area contributed by atoms with Gasteiger partial charge in [-0.05, 0) is 59.0 Å². The molecule has 1 aliphatic heterocycles. The lowest BCUT2D eigenvalue weighted by atomic mass is 9.88. The monoisotopic (exact) mass is 462 g/mol. The van der Waals surface area contributed by atoms with Crippen molar-refractivity contribution in [2.24, 2.45) is 5.92 Å². The topological polar surface area (TPSA) is 58.6 Å².